The van der Waals surface area contributed by atoms with Crippen molar-refractivity contribution in [3.63, 3.8) is 0 Å². The molecule has 134 valence electrons. The molecule has 0 bridgehead atoms. The van der Waals surface area contributed by atoms with Crippen LogP contribution in [-0.2, 0) is 9.59 Å². The van der Waals surface area contributed by atoms with Gasteiger partial charge in [0.25, 0.3) is 0 Å². The molecule has 5 nitrogen and oxygen atoms in total. The van der Waals surface area contributed by atoms with Crippen LogP contribution in [0.5, 0.6) is 17.2 Å². The van der Waals surface area contributed by atoms with Gasteiger partial charge in [-0.3, -0.25) is 9.59 Å². The molecule has 0 spiro atoms. The molecule has 2 aromatic rings. The van der Waals surface area contributed by atoms with Gasteiger partial charge in [-0.25, -0.2) is 0 Å². The summed E-state index contributed by atoms with van der Waals surface area (Å²) in [6.07, 6.45) is 5.74. The highest BCUT2D eigenvalue weighted by Gasteiger charge is 2.05. The van der Waals surface area contributed by atoms with Gasteiger partial charge in [-0.15, -0.1) is 0 Å². The number of ketones is 2. The Kier molecular flexibility index (Phi) is 7.40. The van der Waals surface area contributed by atoms with Gasteiger partial charge in [0.2, 0.25) is 0 Å². The third kappa shape index (κ3) is 6.03. The van der Waals surface area contributed by atoms with Crippen LogP contribution in [0.3, 0.4) is 0 Å². The molecule has 0 amide bonds. The number of benzene rings is 2. The van der Waals surface area contributed by atoms with Gasteiger partial charge in [-0.1, -0.05) is 30.4 Å². The first-order chi connectivity index (χ1) is 12.5. The molecule has 0 aliphatic rings. The zero-order valence-corrected chi connectivity index (χ0v) is 16.2. The molecular formula is C20H17IO5. The molecule has 6 heteroatoms. The van der Waals surface area contributed by atoms with E-state index in [1.165, 1.54) is 25.3 Å². The lowest BCUT2D eigenvalue weighted by Gasteiger charge is -2.03. The van der Waals surface area contributed by atoms with E-state index in [9.17, 15) is 14.7 Å². The molecule has 0 saturated carbocycles. The summed E-state index contributed by atoms with van der Waals surface area (Å²) in [7, 11) is 1.45. The molecule has 0 radical (unpaired) electrons. The van der Waals surface area contributed by atoms with Gasteiger partial charge in [-0.05, 0) is 47.5 Å². The highest BCUT2D eigenvalue weighted by Crippen LogP contribution is 2.26. The monoisotopic (exact) mass is 464 g/mol. The lowest BCUT2D eigenvalue weighted by atomic mass is 10.1. The number of carbonyl (C=O) groups is 2. The summed E-state index contributed by atoms with van der Waals surface area (Å²) in [6, 6.07) is 11.9. The van der Waals surface area contributed by atoms with E-state index in [1.807, 2.05) is 12.1 Å². The fourth-order valence-electron chi connectivity index (χ4n) is 2.10. The van der Waals surface area contributed by atoms with Gasteiger partial charge in [0.05, 0.1) is 13.5 Å². The summed E-state index contributed by atoms with van der Waals surface area (Å²) < 4.78 is 10.0. The molecule has 0 saturated heterocycles. The number of hydrogen-bond donors (Lipinski definition) is 1. The molecule has 0 aliphatic carbocycles. The van der Waals surface area contributed by atoms with E-state index in [2.05, 4.69) is 0 Å². The minimum absolute atomic E-state index is 0.0226. The molecule has 2 rings (SSSR count). The van der Waals surface area contributed by atoms with E-state index >= 15 is 0 Å². The Morgan fingerprint density at radius 1 is 1.00 bits per heavy atom. The molecule has 0 heterocycles. The molecule has 0 atom stereocenters. The Morgan fingerprint density at radius 2 is 1.58 bits per heavy atom. The summed E-state index contributed by atoms with van der Waals surface area (Å²) in [4.78, 5) is 23.8. The number of methoxy groups -OCH3 is 1. The maximum atomic E-state index is 11.9. The minimum atomic E-state index is -0.305. The number of halogens is 1. The molecule has 1 N–H and O–H groups in total. The fraction of sp³-hybridized carbons (Fsp3) is 0.100. The van der Waals surface area contributed by atoms with Crippen molar-refractivity contribution in [3.05, 3.63) is 65.7 Å². The van der Waals surface area contributed by atoms with Crippen LogP contribution in [-0.4, -0.2) is 23.8 Å². The molecular weight excluding hydrogens is 447 g/mol. The standard InChI is InChI=1S/C20H17IO5/c1-25-20-12-15(6-11-19(20)24)3-8-17(23)13-16(22)7-2-14-4-9-18(26-21)10-5-14/h2-12,24H,13H2,1H3/b7-2+,8-3+. The average Bonchev–Trinajstić information content (AvgIpc) is 2.66. The number of hydrogen-bond acceptors (Lipinski definition) is 5. The molecule has 0 fully saturated rings. The number of aromatic hydroxyl groups is 1. The quantitative estimate of drug-likeness (QED) is 0.357. The second-order valence-corrected chi connectivity index (χ2v) is 5.79. The normalized spacial score (nSPS) is 11.0. The number of allylic oxidation sites excluding steroid dienone is 2. The zero-order chi connectivity index (χ0) is 18.9. The van der Waals surface area contributed by atoms with Gasteiger partial charge in [0.1, 0.15) is 5.75 Å². The smallest absolute Gasteiger partial charge is 0.192 e. The van der Waals surface area contributed by atoms with Crippen LogP contribution in [0.2, 0.25) is 0 Å². The third-order valence-corrected chi connectivity index (χ3v) is 3.95. The molecule has 0 unspecified atom stereocenters. The Morgan fingerprint density at radius 3 is 2.15 bits per heavy atom. The zero-order valence-electron chi connectivity index (χ0n) is 14.0. The number of phenolic OH excluding ortho intramolecular Hbond substituents is 1. The average molecular weight is 464 g/mol. The summed E-state index contributed by atoms with van der Waals surface area (Å²) >= 11 is 1.79. The first kappa shape index (κ1) is 19.7. The van der Waals surface area contributed by atoms with Gasteiger partial charge < -0.3 is 12.9 Å². The van der Waals surface area contributed by atoms with Gasteiger partial charge >= 0.3 is 0 Å². The second-order valence-electron chi connectivity index (χ2n) is 5.35. The Hall–Kier alpha value is -2.61. The second kappa shape index (κ2) is 9.76. The van der Waals surface area contributed by atoms with Crippen LogP contribution < -0.4 is 7.80 Å². The van der Waals surface area contributed by atoms with Crippen molar-refractivity contribution in [2.45, 2.75) is 6.42 Å². The SMILES string of the molecule is COc1cc(/C=C/C(=O)CC(=O)/C=C/c2ccc(OI)cc2)ccc1O. The van der Waals surface area contributed by atoms with E-state index in [0.717, 1.165) is 11.3 Å². The Balaban J connectivity index is 1.91. The number of rotatable bonds is 8. The van der Waals surface area contributed by atoms with Gasteiger partial charge in [0.15, 0.2) is 46.1 Å². The number of phenols is 1. The largest absolute Gasteiger partial charge is 0.504 e. The number of carbonyl (C=O) groups excluding carboxylic acids is 2. The van der Waals surface area contributed by atoms with Crippen molar-refractivity contribution >= 4 is 46.7 Å². The van der Waals surface area contributed by atoms with Crippen LogP contribution in [0.4, 0.5) is 0 Å². The minimum Gasteiger partial charge on any atom is -0.504 e. The van der Waals surface area contributed by atoms with Crippen molar-refractivity contribution in [1.29, 1.82) is 0 Å². The Labute approximate surface area is 165 Å². The molecule has 26 heavy (non-hydrogen) atoms. The van der Waals surface area contributed by atoms with Gasteiger partial charge in [-0.2, -0.15) is 0 Å². The summed E-state index contributed by atoms with van der Waals surface area (Å²) in [5.74, 6) is 0.477. The van der Waals surface area contributed by atoms with Crippen molar-refractivity contribution in [3.8, 4) is 17.2 Å². The third-order valence-electron chi connectivity index (χ3n) is 3.44. The fourth-order valence-corrected chi connectivity index (χ4v) is 2.39. The highest BCUT2D eigenvalue weighted by atomic mass is 127. The molecule has 0 aromatic heterocycles. The van der Waals surface area contributed by atoms with Crippen LogP contribution in [0, 0.1) is 0 Å². The van der Waals surface area contributed by atoms with Crippen molar-refractivity contribution < 1.29 is 22.5 Å². The topological polar surface area (TPSA) is 72.8 Å². The van der Waals surface area contributed by atoms with E-state index in [4.69, 9.17) is 7.80 Å². The molecule has 2 aromatic carbocycles. The van der Waals surface area contributed by atoms with Crippen LogP contribution in [0.15, 0.2) is 54.6 Å². The van der Waals surface area contributed by atoms with Crippen molar-refractivity contribution in [1.82, 2.24) is 0 Å². The van der Waals surface area contributed by atoms with E-state index in [0.29, 0.717) is 11.3 Å². The maximum absolute atomic E-state index is 11.9. The Bertz CT molecular complexity index is 838. The van der Waals surface area contributed by atoms with Crippen LogP contribution in [0.1, 0.15) is 17.5 Å². The number of ether oxygens (including phenoxy) is 1. The predicted molar refractivity (Wildman–Crippen MR) is 108 cm³/mol. The lowest BCUT2D eigenvalue weighted by Crippen LogP contribution is -2.01. The van der Waals surface area contributed by atoms with Crippen molar-refractivity contribution in [2.75, 3.05) is 7.11 Å². The predicted octanol–water partition coefficient (Wildman–Crippen LogP) is 4.38. The summed E-state index contributed by atoms with van der Waals surface area (Å²) in [6.45, 7) is 0. The first-order valence-corrected chi connectivity index (χ1v) is 8.57. The highest BCUT2D eigenvalue weighted by molar-refractivity contribution is 14.1. The van der Waals surface area contributed by atoms with Gasteiger partial charge in [0, 0.05) is 0 Å². The van der Waals surface area contributed by atoms with E-state index in [-0.39, 0.29) is 23.7 Å². The van der Waals surface area contributed by atoms with Crippen LogP contribution in [0.25, 0.3) is 12.2 Å². The summed E-state index contributed by atoms with van der Waals surface area (Å²) in [5, 5.41) is 9.54. The molecule has 0 aliphatic heterocycles. The summed E-state index contributed by atoms with van der Waals surface area (Å²) in [5.41, 5.74) is 1.53. The van der Waals surface area contributed by atoms with Crippen LogP contribution >= 0.6 is 23.0 Å². The maximum Gasteiger partial charge on any atom is 0.192 e. The van der Waals surface area contributed by atoms with E-state index < -0.39 is 0 Å². The van der Waals surface area contributed by atoms with E-state index in [1.54, 1.807) is 59.4 Å². The van der Waals surface area contributed by atoms with Crippen molar-refractivity contribution in [2.24, 2.45) is 0 Å². The lowest BCUT2D eigenvalue weighted by molar-refractivity contribution is -0.121. The first-order valence-electron chi connectivity index (χ1n) is 7.69.